The van der Waals surface area contributed by atoms with Crippen molar-refractivity contribution in [3.8, 4) is 0 Å². The molecule has 1 aliphatic heterocycles. The van der Waals surface area contributed by atoms with Crippen LogP contribution >= 0.6 is 0 Å². The van der Waals surface area contributed by atoms with Gasteiger partial charge in [0.25, 0.3) is 0 Å². The molecule has 1 atom stereocenters. The zero-order chi connectivity index (χ0) is 11.4. The van der Waals surface area contributed by atoms with Crippen LogP contribution in [0.3, 0.4) is 0 Å². The van der Waals surface area contributed by atoms with Crippen LogP contribution in [-0.4, -0.2) is 24.5 Å². The molecule has 0 radical (unpaired) electrons. The van der Waals surface area contributed by atoms with Gasteiger partial charge in [-0.1, -0.05) is 12.1 Å². The Hall–Kier alpha value is -0.930. The smallest absolute Gasteiger partial charge is 0.123 e. The first kappa shape index (κ1) is 11.6. The van der Waals surface area contributed by atoms with Crippen LogP contribution in [0.2, 0.25) is 0 Å². The van der Waals surface area contributed by atoms with Gasteiger partial charge in [-0.05, 0) is 56.6 Å². The summed E-state index contributed by atoms with van der Waals surface area (Å²) in [5, 5.41) is 0. The Kier molecular flexibility index (Phi) is 3.91. The van der Waals surface area contributed by atoms with Gasteiger partial charge in [0.1, 0.15) is 5.82 Å². The number of hydrogen-bond acceptors (Lipinski definition) is 2. The summed E-state index contributed by atoms with van der Waals surface area (Å²) in [7, 11) is 0. The summed E-state index contributed by atoms with van der Waals surface area (Å²) in [4.78, 5) is 2.43. The maximum Gasteiger partial charge on any atom is 0.123 e. The molecule has 1 unspecified atom stereocenters. The van der Waals surface area contributed by atoms with E-state index >= 15 is 0 Å². The van der Waals surface area contributed by atoms with E-state index in [1.165, 1.54) is 38.1 Å². The molecule has 1 aliphatic rings. The van der Waals surface area contributed by atoms with Crippen molar-refractivity contribution in [1.29, 1.82) is 0 Å². The zero-order valence-electron chi connectivity index (χ0n) is 9.53. The van der Waals surface area contributed by atoms with Gasteiger partial charge in [-0.2, -0.15) is 0 Å². The van der Waals surface area contributed by atoms with E-state index in [-0.39, 0.29) is 11.9 Å². The molecule has 1 saturated heterocycles. The van der Waals surface area contributed by atoms with E-state index < -0.39 is 0 Å². The van der Waals surface area contributed by atoms with Gasteiger partial charge in [0, 0.05) is 6.04 Å². The first-order valence-electron chi connectivity index (χ1n) is 5.99. The van der Waals surface area contributed by atoms with Gasteiger partial charge in [0.2, 0.25) is 0 Å². The monoisotopic (exact) mass is 222 g/mol. The summed E-state index contributed by atoms with van der Waals surface area (Å²) in [6.45, 7) is 3.41. The number of nitrogens with two attached hydrogens (primary N) is 1. The van der Waals surface area contributed by atoms with Crippen LogP contribution in [0.15, 0.2) is 24.3 Å². The number of nitrogens with zero attached hydrogens (tertiary/aromatic N) is 1. The van der Waals surface area contributed by atoms with Crippen LogP contribution in [-0.2, 0) is 0 Å². The molecule has 0 bridgehead atoms. The third-order valence-corrected chi connectivity index (χ3v) is 3.23. The Morgan fingerprint density at radius 3 is 2.75 bits per heavy atom. The fraction of sp³-hybridized carbons (Fsp3) is 0.538. The molecule has 1 heterocycles. The minimum atomic E-state index is -0.200. The Balaban J connectivity index is 1.85. The Morgan fingerprint density at radius 1 is 1.31 bits per heavy atom. The highest BCUT2D eigenvalue weighted by atomic mass is 19.1. The second-order valence-electron chi connectivity index (χ2n) is 4.50. The van der Waals surface area contributed by atoms with Crippen molar-refractivity contribution >= 4 is 0 Å². The molecule has 0 aromatic heterocycles. The molecule has 0 aliphatic carbocycles. The van der Waals surface area contributed by atoms with Crippen LogP contribution in [0, 0.1) is 5.82 Å². The Bertz CT molecular complexity index is 334. The Morgan fingerprint density at radius 2 is 2.06 bits per heavy atom. The molecular formula is C13H19FN2. The predicted molar refractivity (Wildman–Crippen MR) is 63.6 cm³/mol. The third kappa shape index (κ3) is 3.03. The van der Waals surface area contributed by atoms with Crippen molar-refractivity contribution < 1.29 is 4.39 Å². The Labute approximate surface area is 96.2 Å². The fourth-order valence-electron chi connectivity index (χ4n) is 2.23. The number of benzene rings is 1. The van der Waals surface area contributed by atoms with Crippen molar-refractivity contribution in [1.82, 2.24) is 4.90 Å². The van der Waals surface area contributed by atoms with Gasteiger partial charge in [-0.25, -0.2) is 4.39 Å². The van der Waals surface area contributed by atoms with E-state index in [0.29, 0.717) is 0 Å². The second kappa shape index (κ2) is 5.41. The summed E-state index contributed by atoms with van der Waals surface area (Å²) in [6, 6.07) is 6.57. The van der Waals surface area contributed by atoms with Crippen LogP contribution in [0.5, 0.6) is 0 Å². The average molecular weight is 222 g/mol. The highest BCUT2D eigenvalue weighted by molar-refractivity contribution is 5.19. The summed E-state index contributed by atoms with van der Waals surface area (Å²) in [5.74, 6) is -0.200. The first-order valence-corrected chi connectivity index (χ1v) is 5.99. The molecule has 1 fully saturated rings. The van der Waals surface area contributed by atoms with Crippen molar-refractivity contribution in [3.63, 3.8) is 0 Å². The van der Waals surface area contributed by atoms with Gasteiger partial charge in [-0.15, -0.1) is 0 Å². The molecule has 0 spiro atoms. The summed E-state index contributed by atoms with van der Waals surface area (Å²) >= 11 is 0. The van der Waals surface area contributed by atoms with Gasteiger partial charge in [-0.3, -0.25) is 0 Å². The van der Waals surface area contributed by atoms with E-state index in [1.807, 2.05) is 6.07 Å². The lowest BCUT2D eigenvalue weighted by Crippen LogP contribution is -2.24. The normalized spacial score (nSPS) is 18.9. The van der Waals surface area contributed by atoms with Crippen LogP contribution in [0.4, 0.5) is 4.39 Å². The number of likely N-dealkylation sites (tertiary alicyclic amines) is 1. The quantitative estimate of drug-likeness (QED) is 0.847. The predicted octanol–water partition coefficient (Wildman–Crippen LogP) is 2.31. The van der Waals surface area contributed by atoms with Crippen molar-refractivity contribution in [2.75, 3.05) is 19.6 Å². The summed E-state index contributed by atoms with van der Waals surface area (Å²) in [5.41, 5.74) is 6.95. The lowest BCUT2D eigenvalue weighted by atomic mass is 10.0. The number of hydrogen-bond donors (Lipinski definition) is 1. The van der Waals surface area contributed by atoms with Crippen LogP contribution in [0.1, 0.15) is 30.9 Å². The largest absolute Gasteiger partial charge is 0.324 e. The molecule has 2 rings (SSSR count). The number of rotatable bonds is 4. The zero-order valence-corrected chi connectivity index (χ0v) is 9.53. The molecule has 1 aromatic rings. The maximum absolute atomic E-state index is 13.0. The van der Waals surface area contributed by atoms with Crippen molar-refractivity contribution in [2.24, 2.45) is 5.73 Å². The molecular weight excluding hydrogens is 203 g/mol. The topological polar surface area (TPSA) is 29.3 Å². The molecule has 3 heteroatoms. The van der Waals surface area contributed by atoms with E-state index in [4.69, 9.17) is 5.73 Å². The van der Waals surface area contributed by atoms with Crippen LogP contribution < -0.4 is 5.73 Å². The van der Waals surface area contributed by atoms with Gasteiger partial charge < -0.3 is 10.6 Å². The maximum atomic E-state index is 13.0. The lowest BCUT2D eigenvalue weighted by Gasteiger charge is -2.18. The van der Waals surface area contributed by atoms with E-state index in [9.17, 15) is 4.39 Å². The highest BCUT2D eigenvalue weighted by Gasteiger charge is 2.13. The fourth-order valence-corrected chi connectivity index (χ4v) is 2.23. The molecule has 2 nitrogen and oxygen atoms in total. The lowest BCUT2D eigenvalue weighted by molar-refractivity contribution is 0.322. The summed E-state index contributed by atoms with van der Waals surface area (Å²) < 4.78 is 13.0. The molecule has 16 heavy (non-hydrogen) atoms. The van der Waals surface area contributed by atoms with Crippen molar-refractivity contribution in [3.05, 3.63) is 35.6 Å². The molecule has 1 aromatic carbocycles. The summed E-state index contributed by atoms with van der Waals surface area (Å²) in [6.07, 6.45) is 3.51. The van der Waals surface area contributed by atoms with Crippen molar-refractivity contribution in [2.45, 2.75) is 25.3 Å². The minimum absolute atomic E-state index is 0.0451. The van der Waals surface area contributed by atoms with Gasteiger partial charge in [0.05, 0.1) is 0 Å². The van der Waals surface area contributed by atoms with Crippen LogP contribution in [0.25, 0.3) is 0 Å². The second-order valence-corrected chi connectivity index (χ2v) is 4.50. The first-order chi connectivity index (χ1) is 7.75. The van der Waals surface area contributed by atoms with E-state index in [0.717, 1.165) is 18.5 Å². The van der Waals surface area contributed by atoms with Gasteiger partial charge in [0.15, 0.2) is 0 Å². The van der Waals surface area contributed by atoms with E-state index in [1.54, 1.807) is 6.07 Å². The molecule has 88 valence electrons. The SMILES string of the molecule is NC(CCN1CCCC1)c1cccc(F)c1. The highest BCUT2D eigenvalue weighted by Crippen LogP contribution is 2.17. The number of halogens is 1. The molecule has 0 saturated carbocycles. The average Bonchev–Trinajstić information content (AvgIpc) is 2.78. The third-order valence-electron chi connectivity index (χ3n) is 3.23. The standard InChI is InChI=1S/C13H19FN2/c14-12-5-3-4-11(10-12)13(15)6-9-16-7-1-2-8-16/h3-5,10,13H,1-2,6-9,15H2. The van der Waals surface area contributed by atoms with Gasteiger partial charge >= 0.3 is 0 Å². The molecule has 2 N–H and O–H groups in total. The molecule has 0 amide bonds. The van der Waals surface area contributed by atoms with E-state index in [2.05, 4.69) is 4.90 Å². The minimum Gasteiger partial charge on any atom is -0.324 e.